The summed E-state index contributed by atoms with van der Waals surface area (Å²) >= 11 is 0. The number of ether oxygens (including phenoxy) is 1. The second kappa shape index (κ2) is 9.14. The van der Waals surface area contributed by atoms with Crippen molar-refractivity contribution < 1.29 is 41.3 Å². The predicted molar refractivity (Wildman–Crippen MR) is 124 cm³/mol. The molecule has 4 atom stereocenters. The maximum absolute atomic E-state index is 13.4. The van der Waals surface area contributed by atoms with Gasteiger partial charge in [0.05, 0.1) is 11.2 Å². The fraction of sp³-hybridized carbons (Fsp3) is 0.708. The summed E-state index contributed by atoms with van der Waals surface area (Å²) in [4.78, 5) is 12.9. The number of sulfonamides is 1. The van der Waals surface area contributed by atoms with Crippen LogP contribution in [-0.2, 0) is 26.0 Å². The van der Waals surface area contributed by atoms with Crippen molar-refractivity contribution in [1.82, 2.24) is 0 Å². The number of hydrogen-bond acceptors (Lipinski definition) is 6. The number of carbonyl (C=O) groups is 1. The Labute approximate surface area is 204 Å². The molecule has 1 fully saturated rings. The highest BCUT2D eigenvalue weighted by Crippen LogP contribution is 2.50. The van der Waals surface area contributed by atoms with E-state index in [-0.39, 0.29) is 44.9 Å². The minimum absolute atomic E-state index is 0.0724. The topological polar surface area (TPSA) is 104 Å². The van der Waals surface area contributed by atoms with Crippen LogP contribution in [0.15, 0.2) is 6.07 Å². The molecule has 0 saturated heterocycles. The number of phenols is 1. The number of anilines is 1. The predicted octanol–water partition coefficient (Wildman–Crippen LogP) is 4.73. The zero-order valence-electron chi connectivity index (χ0n) is 20.8. The third-order valence-electron chi connectivity index (χ3n) is 7.26. The largest absolute Gasteiger partial charge is 0.516 e. The van der Waals surface area contributed by atoms with Crippen molar-refractivity contribution in [2.45, 2.75) is 90.5 Å². The molecule has 0 bridgehead atoms. The molecule has 7 nitrogen and oxygen atoms in total. The van der Waals surface area contributed by atoms with Crippen molar-refractivity contribution in [1.29, 1.82) is 0 Å². The molecule has 1 aliphatic heterocycles. The first-order chi connectivity index (χ1) is 15.9. The average Bonchev–Trinajstić information content (AvgIpc) is 2.97. The Morgan fingerprint density at radius 1 is 1.26 bits per heavy atom. The molecule has 1 aromatic carbocycles. The van der Waals surface area contributed by atoms with Crippen LogP contribution >= 0.6 is 0 Å². The fourth-order valence-corrected chi connectivity index (χ4v) is 6.86. The summed E-state index contributed by atoms with van der Waals surface area (Å²) in [5, 5.41) is 21.8. The minimum Gasteiger partial charge on any atom is -0.507 e. The molecule has 0 spiro atoms. The normalized spacial score (nSPS) is 25.5. The van der Waals surface area contributed by atoms with Crippen molar-refractivity contribution in [3.8, 4) is 5.75 Å². The van der Waals surface area contributed by atoms with Gasteiger partial charge in [0.2, 0.25) is 0 Å². The Morgan fingerprint density at radius 2 is 1.86 bits per heavy atom. The monoisotopic (exact) mass is 521 g/mol. The van der Waals surface area contributed by atoms with Crippen LogP contribution < -0.4 is 4.31 Å². The highest BCUT2D eigenvalue weighted by atomic mass is 32.2. The van der Waals surface area contributed by atoms with Gasteiger partial charge in [0.15, 0.2) is 6.10 Å². The molecule has 1 aliphatic carbocycles. The van der Waals surface area contributed by atoms with Gasteiger partial charge in [-0.1, -0.05) is 27.2 Å². The van der Waals surface area contributed by atoms with Crippen LogP contribution in [0, 0.1) is 24.7 Å². The van der Waals surface area contributed by atoms with Crippen LogP contribution in [0.5, 0.6) is 5.75 Å². The van der Waals surface area contributed by atoms with E-state index in [0.29, 0.717) is 12.3 Å². The van der Waals surface area contributed by atoms with E-state index < -0.39 is 45.0 Å². The number of aryl methyl sites for hydroxylation is 1. The molecule has 0 unspecified atom stereocenters. The molecular weight excluding hydrogens is 487 g/mol. The number of fused-ring (bicyclic) bond motifs is 1. The van der Waals surface area contributed by atoms with Crippen molar-refractivity contribution in [3.05, 3.63) is 22.8 Å². The van der Waals surface area contributed by atoms with Gasteiger partial charge in [0, 0.05) is 17.5 Å². The van der Waals surface area contributed by atoms with Crippen LogP contribution in [0.1, 0.15) is 76.7 Å². The van der Waals surface area contributed by atoms with E-state index in [1.165, 1.54) is 20.8 Å². The Hall–Kier alpha value is -2.01. The summed E-state index contributed by atoms with van der Waals surface area (Å²) < 4.78 is 70.7. The molecule has 0 amide bonds. The highest BCUT2D eigenvalue weighted by molar-refractivity contribution is 7.93. The van der Waals surface area contributed by atoms with E-state index in [0.717, 1.165) is 18.9 Å². The van der Waals surface area contributed by atoms with E-state index >= 15 is 0 Å². The quantitative estimate of drug-likeness (QED) is 0.543. The van der Waals surface area contributed by atoms with E-state index in [9.17, 15) is 36.6 Å². The summed E-state index contributed by atoms with van der Waals surface area (Å²) in [6.45, 7) is 10.1. The molecule has 0 radical (unpaired) electrons. The molecule has 35 heavy (non-hydrogen) atoms. The summed E-state index contributed by atoms with van der Waals surface area (Å²) in [7, 11) is -5.75. The number of alkyl halides is 3. The third-order valence-corrected chi connectivity index (χ3v) is 9.02. The highest BCUT2D eigenvalue weighted by Gasteiger charge is 2.57. The zero-order chi connectivity index (χ0) is 26.7. The molecule has 1 heterocycles. The second-order valence-electron chi connectivity index (χ2n) is 10.9. The van der Waals surface area contributed by atoms with Gasteiger partial charge in [-0.05, 0) is 63.0 Å². The van der Waals surface area contributed by atoms with Gasteiger partial charge in [-0.15, -0.1) is 0 Å². The first-order valence-electron chi connectivity index (χ1n) is 11.8. The maximum Gasteiger partial charge on any atom is 0.516 e. The van der Waals surface area contributed by atoms with Crippen molar-refractivity contribution >= 4 is 21.7 Å². The number of aromatic hydroxyl groups is 1. The summed E-state index contributed by atoms with van der Waals surface area (Å²) in [6, 6.07) is 1.15. The third kappa shape index (κ3) is 4.85. The minimum atomic E-state index is -5.75. The second-order valence-corrected chi connectivity index (χ2v) is 12.6. The summed E-state index contributed by atoms with van der Waals surface area (Å²) in [5.41, 5.74) is -7.60. The Balaban J connectivity index is 1.98. The molecule has 3 rings (SSSR count). The number of esters is 1. The van der Waals surface area contributed by atoms with Crippen LogP contribution in [0.2, 0.25) is 0 Å². The molecule has 198 valence electrons. The maximum atomic E-state index is 13.4. The van der Waals surface area contributed by atoms with Gasteiger partial charge in [0.1, 0.15) is 11.9 Å². The van der Waals surface area contributed by atoms with E-state index in [1.54, 1.807) is 0 Å². The van der Waals surface area contributed by atoms with Gasteiger partial charge < -0.3 is 14.9 Å². The number of aliphatic hydroxyl groups is 1. The lowest BCUT2D eigenvalue weighted by molar-refractivity contribution is -0.166. The molecule has 0 aromatic heterocycles. The smallest absolute Gasteiger partial charge is 0.507 e. The molecule has 2 N–H and O–H groups in total. The number of phenolic OH excluding ortho intramolecular Hbond substituents is 1. The van der Waals surface area contributed by atoms with Gasteiger partial charge >= 0.3 is 21.5 Å². The number of halogens is 3. The fourth-order valence-electron chi connectivity index (χ4n) is 5.51. The molecular formula is C24H34F3NO6S. The van der Waals surface area contributed by atoms with Gasteiger partial charge in [-0.25, -0.2) is 4.79 Å². The van der Waals surface area contributed by atoms with Crippen LogP contribution in [0.3, 0.4) is 0 Å². The van der Waals surface area contributed by atoms with E-state index in [1.807, 2.05) is 13.8 Å². The van der Waals surface area contributed by atoms with Crippen LogP contribution in [-0.4, -0.2) is 41.8 Å². The molecule has 11 heteroatoms. The number of rotatable bonds is 5. The standard InChI is InChI=1S/C24H34F3NO6S/c1-12(2)15-8-7-13(3)9-18(15)34-22(31)21(30)19-14(4)10-17-16(20(19)29)11-23(5,6)28(17)35(32,33)24(25,26)27/h10,12-13,15,18,21,29-30H,7-9,11H2,1-6H3/t13-,15+,18-,21+/m1/s1. The summed E-state index contributed by atoms with van der Waals surface area (Å²) in [6.07, 6.45) is 0.0281. The number of benzene rings is 1. The SMILES string of the molecule is Cc1cc2c(c(O)c1[C@H](O)C(=O)O[C@@H]1C[C@H](C)CC[C@H]1C(C)C)CC(C)(C)N2S(=O)(=O)C(F)(F)F. The molecule has 2 aliphatic rings. The van der Waals surface area contributed by atoms with Crippen LogP contribution in [0.25, 0.3) is 0 Å². The van der Waals surface area contributed by atoms with E-state index in [4.69, 9.17) is 4.74 Å². The first kappa shape index (κ1) is 27.6. The average molecular weight is 522 g/mol. The molecule has 1 saturated carbocycles. The van der Waals surface area contributed by atoms with Gasteiger partial charge in [0.25, 0.3) is 0 Å². The van der Waals surface area contributed by atoms with Gasteiger partial charge in [-0.3, -0.25) is 4.31 Å². The van der Waals surface area contributed by atoms with Gasteiger partial charge in [-0.2, -0.15) is 21.6 Å². The van der Waals surface area contributed by atoms with Crippen molar-refractivity contribution in [3.63, 3.8) is 0 Å². The number of aliphatic hydroxyl groups excluding tert-OH is 1. The Bertz CT molecular complexity index is 1100. The van der Waals surface area contributed by atoms with Crippen molar-refractivity contribution in [2.75, 3.05) is 4.31 Å². The van der Waals surface area contributed by atoms with E-state index in [2.05, 4.69) is 6.92 Å². The number of hydrogen-bond donors (Lipinski definition) is 2. The Kier molecular flexibility index (Phi) is 7.20. The lowest BCUT2D eigenvalue weighted by atomic mass is 9.75. The number of carbonyl (C=O) groups excluding carboxylic acids is 1. The lowest BCUT2D eigenvalue weighted by Gasteiger charge is -2.37. The zero-order valence-corrected chi connectivity index (χ0v) is 21.6. The van der Waals surface area contributed by atoms with Crippen LogP contribution in [0.4, 0.5) is 18.9 Å². The number of nitrogens with zero attached hydrogens (tertiary/aromatic N) is 1. The Morgan fingerprint density at radius 3 is 2.40 bits per heavy atom. The first-order valence-corrected chi connectivity index (χ1v) is 13.2. The molecule has 1 aromatic rings. The summed E-state index contributed by atoms with van der Waals surface area (Å²) in [5.74, 6) is -0.825. The van der Waals surface area contributed by atoms with Crippen molar-refractivity contribution in [2.24, 2.45) is 17.8 Å². The lowest BCUT2D eigenvalue weighted by Crippen LogP contribution is -2.50.